The third-order valence-electron chi connectivity index (χ3n) is 2.92. The van der Waals surface area contributed by atoms with Gasteiger partial charge in [0.25, 0.3) is 0 Å². The van der Waals surface area contributed by atoms with Crippen molar-refractivity contribution >= 4 is 11.6 Å². The summed E-state index contributed by atoms with van der Waals surface area (Å²) in [4.78, 5) is 0. The normalized spacial score (nSPS) is 26.3. The van der Waals surface area contributed by atoms with Crippen LogP contribution in [0.2, 0.25) is 0 Å². The number of benzene rings is 1. The van der Waals surface area contributed by atoms with Crippen LogP contribution in [0.3, 0.4) is 0 Å². The van der Waals surface area contributed by atoms with Gasteiger partial charge in [0.05, 0.1) is 0 Å². The molecule has 0 saturated heterocycles. The lowest BCUT2D eigenvalue weighted by Crippen LogP contribution is -2.10. The Labute approximate surface area is 91.3 Å². The lowest BCUT2D eigenvalue weighted by atomic mass is 9.86. The molecule has 0 radical (unpaired) electrons. The van der Waals surface area contributed by atoms with Crippen LogP contribution >= 0.6 is 11.6 Å². The van der Waals surface area contributed by atoms with Crippen LogP contribution < -0.4 is 0 Å². The van der Waals surface area contributed by atoms with Crippen molar-refractivity contribution in [1.29, 1.82) is 0 Å². The van der Waals surface area contributed by atoms with Crippen molar-refractivity contribution in [3.63, 3.8) is 0 Å². The maximum Gasteiger partial charge on any atom is 0.0411 e. The van der Waals surface area contributed by atoms with Crippen LogP contribution in [0, 0.1) is 0 Å². The first-order chi connectivity index (χ1) is 6.48. The van der Waals surface area contributed by atoms with E-state index in [-0.39, 0.29) is 5.41 Å². The molecule has 0 spiro atoms. The molecule has 14 heavy (non-hydrogen) atoms. The molecule has 1 aliphatic carbocycles. The predicted molar refractivity (Wildman–Crippen MR) is 62.1 cm³/mol. The van der Waals surface area contributed by atoms with E-state index >= 15 is 0 Å². The van der Waals surface area contributed by atoms with E-state index in [0.717, 1.165) is 6.42 Å². The minimum atomic E-state index is 0.252. The molecule has 0 amide bonds. The van der Waals surface area contributed by atoms with Crippen molar-refractivity contribution in [1.82, 2.24) is 0 Å². The summed E-state index contributed by atoms with van der Waals surface area (Å²) in [5.41, 5.74) is 3.05. The second kappa shape index (κ2) is 3.27. The highest BCUT2D eigenvalue weighted by Gasteiger charge is 2.36. The first-order valence-corrected chi connectivity index (χ1v) is 5.66. The zero-order chi connectivity index (χ0) is 10.3. The molecule has 1 aromatic rings. The summed E-state index contributed by atoms with van der Waals surface area (Å²) in [5, 5.41) is 0.385. The Balaban J connectivity index is 2.18. The average Bonchev–Trinajstić information content (AvgIpc) is 2.81. The van der Waals surface area contributed by atoms with E-state index in [1.54, 1.807) is 0 Å². The maximum atomic E-state index is 6.02. The van der Waals surface area contributed by atoms with Gasteiger partial charge in [0.1, 0.15) is 0 Å². The second-order valence-electron chi connectivity index (χ2n) is 5.23. The van der Waals surface area contributed by atoms with E-state index in [4.69, 9.17) is 11.6 Å². The smallest absolute Gasteiger partial charge is 0.0411 e. The summed E-state index contributed by atoms with van der Waals surface area (Å²) in [6.45, 7) is 6.72. The van der Waals surface area contributed by atoms with Gasteiger partial charge in [-0.05, 0) is 23.0 Å². The number of rotatable bonds is 1. The molecule has 0 nitrogen and oxygen atoms in total. The molecule has 1 aromatic carbocycles. The van der Waals surface area contributed by atoms with Crippen molar-refractivity contribution in [3.05, 3.63) is 35.4 Å². The zero-order valence-corrected chi connectivity index (χ0v) is 9.81. The SMILES string of the molecule is CC(C)(C)c1ccc([C@@H]2C[C@H]2Cl)cc1. The molecule has 76 valence electrons. The molecule has 0 bridgehead atoms. The minimum absolute atomic E-state index is 0.252. The number of alkyl halides is 1. The first kappa shape index (κ1) is 10.0. The quantitative estimate of drug-likeness (QED) is 0.611. The van der Waals surface area contributed by atoms with Crippen molar-refractivity contribution < 1.29 is 0 Å². The second-order valence-corrected chi connectivity index (χ2v) is 5.79. The molecule has 1 heteroatoms. The third-order valence-corrected chi connectivity index (χ3v) is 3.40. The molecule has 2 atom stereocenters. The maximum absolute atomic E-state index is 6.02. The molecule has 0 N–H and O–H groups in total. The Morgan fingerprint density at radius 3 is 2.00 bits per heavy atom. The molecule has 0 unspecified atom stereocenters. The van der Waals surface area contributed by atoms with Gasteiger partial charge in [-0.3, -0.25) is 0 Å². The molecule has 0 aromatic heterocycles. The fraction of sp³-hybridized carbons (Fsp3) is 0.538. The Kier molecular flexibility index (Phi) is 2.35. The summed E-state index contributed by atoms with van der Waals surface area (Å²) < 4.78 is 0. The Bertz CT molecular complexity index is 318. The summed E-state index contributed by atoms with van der Waals surface area (Å²) >= 11 is 6.02. The summed E-state index contributed by atoms with van der Waals surface area (Å²) in [7, 11) is 0. The van der Waals surface area contributed by atoms with Crippen molar-refractivity contribution in [2.24, 2.45) is 0 Å². The predicted octanol–water partition coefficient (Wildman–Crippen LogP) is 4.08. The molecule has 1 fully saturated rings. The van der Waals surface area contributed by atoms with Gasteiger partial charge in [-0.25, -0.2) is 0 Å². The molecule has 1 saturated carbocycles. The number of hydrogen-bond donors (Lipinski definition) is 0. The van der Waals surface area contributed by atoms with Crippen LogP contribution in [-0.2, 0) is 5.41 Å². The largest absolute Gasteiger partial charge is 0.122 e. The monoisotopic (exact) mass is 208 g/mol. The summed E-state index contributed by atoms with van der Waals surface area (Å²) in [6.07, 6.45) is 1.15. The fourth-order valence-corrected chi connectivity index (χ4v) is 2.08. The van der Waals surface area contributed by atoms with Gasteiger partial charge in [-0.2, -0.15) is 0 Å². The van der Waals surface area contributed by atoms with E-state index in [1.165, 1.54) is 11.1 Å². The minimum Gasteiger partial charge on any atom is -0.122 e. The molecule has 0 heterocycles. The highest BCUT2D eigenvalue weighted by molar-refractivity contribution is 6.23. The van der Waals surface area contributed by atoms with Crippen LogP contribution in [-0.4, -0.2) is 5.38 Å². The molecular formula is C13H17Cl. The summed E-state index contributed by atoms with van der Waals surface area (Å²) in [6, 6.07) is 8.93. The lowest BCUT2D eigenvalue weighted by Gasteiger charge is -2.19. The van der Waals surface area contributed by atoms with E-state index in [0.29, 0.717) is 11.3 Å². The Morgan fingerprint density at radius 1 is 1.14 bits per heavy atom. The van der Waals surface area contributed by atoms with Crippen molar-refractivity contribution in [3.8, 4) is 0 Å². The average molecular weight is 209 g/mol. The van der Waals surface area contributed by atoms with Crippen LogP contribution in [0.1, 0.15) is 44.2 Å². The van der Waals surface area contributed by atoms with Gasteiger partial charge in [0.15, 0.2) is 0 Å². The third kappa shape index (κ3) is 1.95. The highest BCUT2D eigenvalue weighted by Crippen LogP contribution is 2.45. The number of halogens is 1. The molecular weight excluding hydrogens is 192 g/mol. The van der Waals surface area contributed by atoms with E-state index in [9.17, 15) is 0 Å². The molecule has 0 aliphatic heterocycles. The summed E-state index contributed by atoms with van der Waals surface area (Å²) in [5.74, 6) is 0.616. The van der Waals surface area contributed by atoms with Crippen LogP contribution in [0.4, 0.5) is 0 Å². The van der Waals surface area contributed by atoms with Crippen LogP contribution in [0.15, 0.2) is 24.3 Å². The van der Waals surface area contributed by atoms with Gasteiger partial charge in [-0.1, -0.05) is 45.0 Å². The number of hydrogen-bond acceptors (Lipinski definition) is 0. The molecule has 2 rings (SSSR count). The lowest BCUT2D eigenvalue weighted by molar-refractivity contribution is 0.590. The van der Waals surface area contributed by atoms with E-state index in [1.807, 2.05) is 0 Å². The van der Waals surface area contributed by atoms with Crippen LogP contribution in [0.5, 0.6) is 0 Å². The zero-order valence-electron chi connectivity index (χ0n) is 9.05. The molecule has 1 aliphatic rings. The van der Waals surface area contributed by atoms with Gasteiger partial charge in [0, 0.05) is 11.3 Å². The topological polar surface area (TPSA) is 0 Å². The van der Waals surface area contributed by atoms with Gasteiger partial charge < -0.3 is 0 Å². The van der Waals surface area contributed by atoms with Crippen LogP contribution in [0.25, 0.3) is 0 Å². The van der Waals surface area contributed by atoms with Gasteiger partial charge in [-0.15, -0.1) is 11.6 Å². The van der Waals surface area contributed by atoms with Gasteiger partial charge in [0.2, 0.25) is 0 Å². The van der Waals surface area contributed by atoms with E-state index < -0.39 is 0 Å². The highest BCUT2D eigenvalue weighted by atomic mass is 35.5. The Morgan fingerprint density at radius 2 is 1.64 bits per heavy atom. The standard InChI is InChI=1S/C13H17Cl/c1-13(2,3)10-6-4-9(5-7-10)11-8-12(11)14/h4-7,11-12H,8H2,1-3H3/t11-,12+/m0/s1. The van der Waals surface area contributed by atoms with Gasteiger partial charge >= 0.3 is 0 Å². The van der Waals surface area contributed by atoms with Crippen molar-refractivity contribution in [2.45, 2.75) is 43.9 Å². The fourth-order valence-electron chi connectivity index (χ4n) is 1.74. The van der Waals surface area contributed by atoms with Crippen molar-refractivity contribution in [2.75, 3.05) is 0 Å². The first-order valence-electron chi connectivity index (χ1n) is 5.23. The van der Waals surface area contributed by atoms with E-state index in [2.05, 4.69) is 45.0 Å². The Hall–Kier alpha value is -0.490.